The Labute approximate surface area is 141 Å². The largest absolute Gasteiger partial charge is 0.507 e. The van der Waals surface area contributed by atoms with Crippen LogP contribution < -0.4 is 14.4 Å². The summed E-state index contributed by atoms with van der Waals surface area (Å²) in [5.41, 5.74) is 2.82. The summed E-state index contributed by atoms with van der Waals surface area (Å²) in [6.45, 7) is 0. The maximum Gasteiger partial charge on any atom is 0.135 e. The molecular weight excluding hydrogens is 302 g/mol. The van der Waals surface area contributed by atoms with Gasteiger partial charge in [0.05, 0.1) is 19.6 Å². The number of phenols is 1. The van der Waals surface area contributed by atoms with Gasteiger partial charge in [-0.2, -0.15) is 0 Å². The van der Waals surface area contributed by atoms with E-state index in [1.165, 1.54) is 0 Å². The van der Waals surface area contributed by atoms with E-state index in [9.17, 15) is 5.11 Å². The third kappa shape index (κ3) is 2.60. The highest BCUT2D eigenvalue weighted by molar-refractivity contribution is 6.02. The minimum atomic E-state index is 0.195. The molecule has 0 aromatic heterocycles. The Morgan fingerprint density at radius 2 is 1.42 bits per heavy atom. The van der Waals surface area contributed by atoms with Crippen LogP contribution in [0.2, 0.25) is 0 Å². The van der Waals surface area contributed by atoms with Crippen LogP contribution in [0.15, 0.2) is 48.5 Å². The molecule has 4 nitrogen and oxygen atoms in total. The molecule has 0 aliphatic rings. The van der Waals surface area contributed by atoms with Crippen molar-refractivity contribution in [2.24, 2.45) is 0 Å². The number of fused-ring (bicyclic) bond motifs is 1. The number of hydrogen-bond acceptors (Lipinski definition) is 4. The van der Waals surface area contributed by atoms with Gasteiger partial charge in [-0.3, -0.25) is 0 Å². The average molecular weight is 323 g/mol. The lowest BCUT2D eigenvalue weighted by atomic mass is 9.98. The van der Waals surface area contributed by atoms with Crippen molar-refractivity contribution in [1.29, 1.82) is 0 Å². The maximum atomic E-state index is 10.9. The minimum absolute atomic E-state index is 0.195. The van der Waals surface area contributed by atoms with Crippen molar-refractivity contribution in [2.75, 3.05) is 33.2 Å². The first-order chi connectivity index (χ1) is 11.6. The normalized spacial score (nSPS) is 10.7. The first-order valence-corrected chi connectivity index (χ1v) is 7.71. The van der Waals surface area contributed by atoms with Crippen LogP contribution in [-0.2, 0) is 0 Å². The molecule has 0 amide bonds. The summed E-state index contributed by atoms with van der Waals surface area (Å²) in [4.78, 5) is 2.04. The van der Waals surface area contributed by atoms with E-state index in [4.69, 9.17) is 9.47 Å². The molecule has 1 N–H and O–H groups in total. The number of benzene rings is 3. The summed E-state index contributed by atoms with van der Waals surface area (Å²) in [7, 11) is 7.21. The predicted octanol–water partition coefficient (Wildman–Crippen LogP) is 4.30. The number of rotatable bonds is 4. The smallest absolute Gasteiger partial charge is 0.135 e. The van der Waals surface area contributed by atoms with Crippen molar-refractivity contribution in [3.63, 3.8) is 0 Å². The van der Waals surface area contributed by atoms with Gasteiger partial charge in [-0.1, -0.05) is 12.1 Å². The van der Waals surface area contributed by atoms with E-state index in [1.807, 2.05) is 61.5 Å². The van der Waals surface area contributed by atoms with Gasteiger partial charge in [0.1, 0.15) is 17.2 Å². The molecule has 0 bridgehead atoms. The van der Waals surface area contributed by atoms with E-state index < -0.39 is 0 Å². The zero-order valence-corrected chi connectivity index (χ0v) is 14.3. The molecule has 0 spiro atoms. The highest BCUT2D eigenvalue weighted by Crippen LogP contribution is 2.43. The molecule has 0 atom stereocenters. The number of methoxy groups -OCH3 is 2. The molecule has 0 saturated carbocycles. The van der Waals surface area contributed by atoms with Crippen LogP contribution in [0.4, 0.5) is 5.69 Å². The van der Waals surface area contributed by atoms with Crippen molar-refractivity contribution >= 4 is 16.5 Å². The molecule has 3 aromatic carbocycles. The van der Waals surface area contributed by atoms with Crippen molar-refractivity contribution < 1.29 is 14.6 Å². The molecule has 0 aliphatic carbocycles. The van der Waals surface area contributed by atoms with E-state index in [1.54, 1.807) is 20.3 Å². The van der Waals surface area contributed by atoms with Gasteiger partial charge in [0.25, 0.3) is 0 Å². The molecule has 3 aromatic rings. The Hall–Kier alpha value is -2.88. The monoisotopic (exact) mass is 323 g/mol. The Balaban J connectivity index is 2.21. The van der Waals surface area contributed by atoms with Gasteiger partial charge < -0.3 is 19.5 Å². The molecule has 0 unspecified atom stereocenters. The van der Waals surface area contributed by atoms with Crippen LogP contribution >= 0.6 is 0 Å². The second-order valence-corrected chi connectivity index (χ2v) is 5.80. The van der Waals surface area contributed by atoms with Crippen LogP contribution in [-0.4, -0.2) is 33.4 Å². The fourth-order valence-electron chi connectivity index (χ4n) is 2.89. The zero-order chi connectivity index (χ0) is 17.3. The molecule has 0 saturated heterocycles. The van der Waals surface area contributed by atoms with Crippen molar-refractivity contribution in [2.45, 2.75) is 0 Å². The van der Waals surface area contributed by atoms with Gasteiger partial charge in [-0.25, -0.2) is 0 Å². The SMILES string of the molecule is COc1ccc(OC)c2c(O)c(-c3ccc(N(C)C)cc3)ccc12. The number of hydrogen-bond donors (Lipinski definition) is 1. The van der Waals surface area contributed by atoms with E-state index in [2.05, 4.69) is 0 Å². The third-order valence-corrected chi connectivity index (χ3v) is 4.21. The molecule has 4 heteroatoms. The molecule has 0 aliphatic heterocycles. The number of aromatic hydroxyl groups is 1. The Bertz CT molecular complexity index is 870. The lowest BCUT2D eigenvalue weighted by Crippen LogP contribution is -2.07. The molecule has 3 rings (SSSR count). The van der Waals surface area contributed by atoms with Crippen LogP contribution in [0, 0.1) is 0 Å². The van der Waals surface area contributed by atoms with Gasteiger partial charge in [0, 0.05) is 30.7 Å². The maximum absolute atomic E-state index is 10.9. The molecule has 24 heavy (non-hydrogen) atoms. The van der Waals surface area contributed by atoms with Crippen LogP contribution in [0.5, 0.6) is 17.2 Å². The highest BCUT2D eigenvalue weighted by atomic mass is 16.5. The van der Waals surface area contributed by atoms with Crippen LogP contribution in [0.25, 0.3) is 21.9 Å². The van der Waals surface area contributed by atoms with Crippen molar-refractivity contribution in [1.82, 2.24) is 0 Å². The molecule has 0 fully saturated rings. The first kappa shape index (κ1) is 16.0. The number of nitrogens with zero attached hydrogens (tertiary/aromatic N) is 1. The topological polar surface area (TPSA) is 41.9 Å². The van der Waals surface area contributed by atoms with E-state index >= 15 is 0 Å². The van der Waals surface area contributed by atoms with Crippen molar-refractivity contribution in [3.05, 3.63) is 48.5 Å². The molecule has 124 valence electrons. The summed E-state index contributed by atoms with van der Waals surface area (Å²) in [5, 5.41) is 12.3. The van der Waals surface area contributed by atoms with Crippen LogP contribution in [0.1, 0.15) is 0 Å². The number of anilines is 1. The highest BCUT2D eigenvalue weighted by Gasteiger charge is 2.15. The zero-order valence-electron chi connectivity index (χ0n) is 14.3. The number of phenolic OH excluding ortho intramolecular Hbond substituents is 1. The van der Waals surface area contributed by atoms with E-state index in [-0.39, 0.29) is 5.75 Å². The van der Waals surface area contributed by atoms with E-state index in [0.29, 0.717) is 16.9 Å². The third-order valence-electron chi connectivity index (χ3n) is 4.21. The minimum Gasteiger partial charge on any atom is -0.507 e. The lowest BCUT2D eigenvalue weighted by molar-refractivity contribution is 0.408. The average Bonchev–Trinajstić information content (AvgIpc) is 2.61. The summed E-state index contributed by atoms with van der Waals surface area (Å²) >= 11 is 0. The Morgan fingerprint density at radius 3 is 2.00 bits per heavy atom. The lowest BCUT2D eigenvalue weighted by Gasteiger charge is -2.15. The van der Waals surface area contributed by atoms with Crippen molar-refractivity contribution in [3.8, 4) is 28.4 Å². The van der Waals surface area contributed by atoms with Gasteiger partial charge >= 0.3 is 0 Å². The summed E-state index contributed by atoms with van der Waals surface area (Å²) in [6, 6.07) is 15.6. The van der Waals surface area contributed by atoms with Gasteiger partial charge in [0.15, 0.2) is 0 Å². The Morgan fingerprint density at radius 1 is 0.792 bits per heavy atom. The second-order valence-electron chi connectivity index (χ2n) is 5.80. The fourth-order valence-corrected chi connectivity index (χ4v) is 2.89. The molecular formula is C20H21NO3. The van der Waals surface area contributed by atoms with Gasteiger partial charge in [0.2, 0.25) is 0 Å². The summed E-state index contributed by atoms with van der Waals surface area (Å²) in [5.74, 6) is 1.52. The first-order valence-electron chi connectivity index (χ1n) is 7.71. The molecule has 0 heterocycles. The quantitative estimate of drug-likeness (QED) is 0.777. The summed E-state index contributed by atoms with van der Waals surface area (Å²) in [6.07, 6.45) is 0. The standard InChI is InChI=1S/C20H21NO3/c1-21(2)14-7-5-13(6-8-14)15-9-10-16-17(23-3)11-12-18(24-4)19(16)20(15)22/h5-12,22H,1-4H3. The number of ether oxygens (including phenoxy) is 2. The second kappa shape index (κ2) is 6.32. The fraction of sp³-hybridized carbons (Fsp3) is 0.200. The van der Waals surface area contributed by atoms with Gasteiger partial charge in [-0.05, 0) is 42.0 Å². The predicted molar refractivity (Wildman–Crippen MR) is 98.5 cm³/mol. The Kier molecular flexibility index (Phi) is 4.21. The van der Waals surface area contributed by atoms with Gasteiger partial charge in [-0.15, -0.1) is 0 Å². The summed E-state index contributed by atoms with van der Waals surface area (Å²) < 4.78 is 10.8. The van der Waals surface area contributed by atoms with E-state index in [0.717, 1.165) is 22.2 Å². The van der Waals surface area contributed by atoms with Crippen LogP contribution in [0.3, 0.4) is 0 Å². The molecule has 0 radical (unpaired) electrons.